The van der Waals surface area contributed by atoms with Crippen LogP contribution in [-0.2, 0) is 0 Å². The third kappa shape index (κ3) is 2.40. The van der Waals surface area contributed by atoms with Crippen molar-refractivity contribution in [1.82, 2.24) is 19.7 Å². The van der Waals surface area contributed by atoms with E-state index in [9.17, 15) is 0 Å². The first-order valence-electron chi connectivity index (χ1n) is 4.78. The monoisotopic (exact) mass is 330 g/mol. The van der Waals surface area contributed by atoms with Crippen molar-refractivity contribution in [3.8, 4) is 5.82 Å². The maximum absolute atomic E-state index is 5.63. The number of hydrogen-bond acceptors (Lipinski definition) is 5. The highest BCUT2D eigenvalue weighted by Crippen LogP contribution is 2.12. The summed E-state index contributed by atoms with van der Waals surface area (Å²) in [7, 11) is 0. The predicted octanol–water partition coefficient (Wildman–Crippen LogP) is 1.28. The highest BCUT2D eigenvalue weighted by atomic mass is 127. The SMILES string of the molecule is CCNc1cc(-n2cc(I)cn2)nc(N)n1. The van der Waals surface area contributed by atoms with E-state index in [0.29, 0.717) is 11.6 Å². The normalized spacial score (nSPS) is 10.4. The van der Waals surface area contributed by atoms with Crippen LogP contribution in [0.15, 0.2) is 18.5 Å². The molecule has 0 aromatic carbocycles. The first-order valence-corrected chi connectivity index (χ1v) is 5.86. The van der Waals surface area contributed by atoms with Gasteiger partial charge < -0.3 is 11.1 Å². The number of nitrogens with one attached hydrogen (secondary N) is 1. The molecule has 0 spiro atoms. The molecule has 3 N–H and O–H groups in total. The molecule has 0 aliphatic heterocycles. The first-order chi connectivity index (χ1) is 7.69. The van der Waals surface area contributed by atoms with Crippen LogP contribution in [0.5, 0.6) is 0 Å². The Kier molecular flexibility index (Phi) is 3.22. The number of hydrogen-bond donors (Lipinski definition) is 2. The molecular weight excluding hydrogens is 319 g/mol. The fourth-order valence-corrected chi connectivity index (χ4v) is 1.66. The van der Waals surface area contributed by atoms with Crippen molar-refractivity contribution in [1.29, 1.82) is 0 Å². The Morgan fingerprint density at radius 2 is 2.31 bits per heavy atom. The van der Waals surface area contributed by atoms with Gasteiger partial charge in [-0.3, -0.25) is 0 Å². The van der Waals surface area contributed by atoms with Crippen LogP contribution in [0.1, 0.15) is 6.92 Å². The molecule has 0 unspecified atom stereocenters. The lowest BCUT2D eigenvalue weighted by Crippen LogP contribution is -2.07. The molecule has 0 fully saturated rings. The zero-order valence-electron chi connectivity index (χ0n) is 8.68. The van der Waals surface area contributed by atoms with Crippen molar-refractivity contribution in [2.45, 2.75) is 6.92 Å². The van der Waals surface area contributed by atoms with E-state index in [1.54, 1.807) is 10.9 Å². The topological polar surface area (TPSA) is 81.7 Å². The summed E-state index contributed by atoms with van der Waals surface area (Å²) in [6, 6.07) is 1.81. The van der Waals surface area contributed by atoms with Gasteiger partial charge in [0.25, 0.3) is 0 Å². The lowest BCUT2D eigenvalue weighted by molar-refractivity contribution is 0.842. The molecule has 0 aliphatic carbocycles. The van der Waals surface area contributed by atoms with E-state index in [1.165, 1.54) is 0 Å². The molecule has 0 aliphatic rings. The molecule has 2 aromatic heterocycles. The van der Waals surface area contributed by atoms with Gasteiger partial charge in [0.2, 0.25) is 5.95 Å². The molecule has 2 aromatic rings. The Balaban J connectivity index is 2.40. The average molecular weight is 330 g/mol. The second-order valence-corrected chi connectivity index (χ2v) is 4.35. The molecule has 0 atom stereocenters. The first kappa shape index (κ1) is 11.1. The van der Waals surface area contributed by atoms with Crippen molar-refractivity contribution in [2.24, 2.45) is 0 Å². The number of nitrogens with two attached hydrogens (primary N) is 1. The van der Waals surface area contributed by atoms with Gasteiger partial charge in [0.15, 0.2) is 5.82 Å². The number of nitrogen functional groups attached to an aromatic ring is 1. The minimum absolute atomic E-state index is 0.235. The Morgan fingerprint density at radius 1 is 1.50 bits per heavy atom. The Hall–Kier alpha value is -1.38. The van der Waals surface area contributed by atoms with Crippen LogP contribution in [0.25, 0.3) is 5.82 Å². The molecule has 7 heteroatoms. The number of halogens is 1. The number of nitrogens with zero attached hydrogens (tertiary/aromatic N) is 4. The Labute approximate surface area is 106 Å². The predicted molar refractivity (Wildman–Crippen MR) is 70.4 cm³/mol. The summed E-state index contributed by atoms with van der Waals surface area (Å²) in [5.74, 6) is 1.60. The van der Waals surface area contributed by atoms with Gasteiger partial charge in [-0.25, -0.2) is 4.68 Å². The van der Waals surface area contributed by atoms with E-state index in [0.717, 1.165) is 10.1 Å². The quantitative estimate of drug-likeness (QED) is 0.829. The van der Waals surface area contributed by atoms with E-state index < -0.39 is 0 Å². The second-order valence-electron chi connectivity index (χ2n) is 3.10. The summed E-state index contributed by atoms with van der Waals surface area (Å²) in [5.41, 5.74) is 5.63. The van der Waals surface area contributed by atoms with E-state index in [1.807, 2.05) is 19.2 Å². The highest BCUT2D eigenvalue weighted by Gasteiger charge is 2.04. The lowest BCUT2D eigenvalue weighted by Gasteiger charge is -2.06. The maximum Gasteiger partial charge on any atom is 0.224 e. The van der Waals surface area contributed by atoms with Gasteiger partial charge in [0.05, 0.1) is 9.77 Å². The standard InChI is InChI=1S/C9H11IN6/c1-2-12-7-3-8(15-9(11)14-7)16-5-6(10)4-13-16/h3-5H,2H2,1H3,(H3,11,12,14,15). The fourth-order valence-electron chi connectivity index (χ4n) is 1.27. The number of rotatable bonds is 3. The van der Waals surface area contributed by atoms with E-state index in [-0.39, 0.29) is 5.95 Å². The van der Waals surface area contributed by atoms with Gasteiger partial charge in [-0.15, -0.1) is 0 Å². The van der Waals surface area contributed by atoms with E-state index in [2.05, 4.69) is 43.0 Å². The van der Waals surface area contributed by atoms with Crippen molar-refractivity contribution >= 4 is 34.4 Å². The maximum atomic E-state index is 5.63. The fraction of sp³-hybridized carbons (Fsp3) is 0.222. The van der Waals surface area contributed by atoms with Crippen LogP contribution in [-0.4, -0.2) is 26.3 Å². The van der Waals surface area contributed by atoms with Gasteiger partial charge in [0, 0.05) is 18.8 Å². The molecule has 2 heterocycles. The molecule has 2 rings (SSSR count). The molecule has 84 valence electrons. The number of anilines is 2. The summed E-state index contributed by atoms with van der Waals surface area (Å²) in [5, 5.41) is 7.26. The molecule has 0 saturated heterocycles. The third-order valence-electron chi connectivity index (χ3n) is 1.87. The summed E-state index contributed by atoms with van der Waals surface area (Å²) in [6.45, 7) is 2.78. The zero-order valence-corrected chi connectivity index (χ0v) is 10.8. The van der Waals surface area contributed by atoms with Crippen molar-refractivity contribution in [3.63, 3.8) is 0 Å². The minimum Gasteiger partial charge on any atom is -0.370 e. The molecule has 6 nitrogen and oxygen atoms in total. The average Bonchev–Trinajstić information content (AvgIpc) is 2.64. The number of aromatic nitrogens is 4. The van der Waals surface area contributed by atoms with Crippen LogP contribution in [0.2, 0.25) is 0 Å². The van der Waals surface area contributed by atoms with Crippen LogP contribution in [0.3, 0.4) is 0 Å². The van der Waals surface area contributed by atoms with E-state index >= 15 is 0 Å². The summed E-state index contributed by atoms with van der Waals surface area (Å²) in [6.07, 6.45) is 3.63. The van der Waals surface area contributed by atoms with Crippen LogP contribution in [0.4, 0.5) is 11.8 Å². The Morgan fingerprint density at radius 3 is 2.94 bits per heavy atom. The van der Waals surface area contributed by atoms with Gasteiger partial charge in [0.1, 0.15) is 5.82 Å². The smallest absolute Gasteiger partial charge is 0.224 e. The van der Waals surface area contributed by atoms with Crippen molar-refractivity contribution in [2.75, 3.05) is 17.6 Å². The molecule has 0 saturated carbocycles. The second kappa shape index (κ2) is 4.64. The van der Waals surface area contributed by atoms with Gasteiger partial charge in [-0.2, -0.15) is 15.1 Å². The summed E-state index contributed by atoms with van der Waals surface area (Å²) in [4.78, 5) is 8.19. The molecule has 0 amide bonds. The highest BCUT2D eigenvalue weighted by molar-refractivity contribution is 14.1. The van der Waals surface area contributed by atoms with Gasteiger partial charge >= 0.3 is 0 Å². The minimum atomic E-state index is 0.235. The molecular formula is C9H11IN6. The van der Waals surface area contributed by atoms with Crippen molar-refractivity contribution in [3.05, 3.63) is 22.0 Å². The lowest BCUT2D eigenvalue weighted by atomic mass is 10.5. The van der Waals surface area contributed by atoms with Crippen LogP contribution >= 0.6 is 22.6 Å². The summed E-state index contributed by atoms with van der Waals surface area (Å²) < 4.78 is 2.71. The van der Waals surface area contributed by atoms with Crippen LogP contribution < -0.4 is 11.1 Å². The largest absolute Gasteiger partial charge is 0.370 e. The summed E-state index contributed by atoms with van der Waals surface area (Å²) >= 11 is 2.19. The van der Waals surface area contributed by atoms with Gasteiger partial charge in [-0.1, -0.05) is 0 Å². The third-order valence-corrected chi connectivity index (χ3v) is 2.43. The van der Waals surface area contributed by atoms with E-state index in [4.69, 9.17) is 5.73 Å². The molecule has 0 bridgehead atoms. The molecule has 16 heavy (non-hydrogen) atoms. The van der Waals surface area contributed by atoms with Gasteiger partial charge in [-0.05, 0) is 29.5 Å². The zero-order chi connectivity index (χ0) is 11.5. The van der Waals surface area contributed by atoms with Crippen LogP contribution in [0, 0.1) is 3.57 Å². The Bertz CT molecular complexity index is 494. The van der Waals surface area contributed by atoms with Crippen molar-refractivity contribution < 1.29 is 0 Å². The molecule has 0 radical (unpaired) electrons.